The lowest BCUT2D eigenvalue weighted by molar-refractivity contribution is -0.127. The molecule has 1 N–H and O–H groups in total. The van der Waals surface area contributed by atoms with Gasteiger partial charge in [-0.2, -0.15) is 5.10 Å². The number of aromatic nitrogens is 2. The maximum absolute atomic E-state index is 13.9. The van der Waals surface area contributed by atoms with Gasteiger partial charge in [0.1, 0.15) is 16.9 Å². The molecule has 2 amide bonds. The number of benzene rings is 1. The fourth-order valence-corrected chi connectivity index (χ4v) is 5.87. The lowest BCUT2D eigenvalue weighted by atomic mass is 9.91. The minimum Gasteiger partial charge on any atom is -0.351 e. The van der Waals surface area contributed by atoms with Crippen molar-refractivity contribution in [1.29, 1.82) is 0 Å². The summed E-state index contributed by atoms with van der Waals surface area (Å²) in [7, 11) is 0. The van der Waals surface area contributed by atoms with Crippen molar-refractivity contribution in [2.75, 3.05) is 4.90 Å². The van der Waals surface area contributed by atoms with Crippen LogP contribution < -0.4 is 10.2 Å². The lowest BCUT2D eigenvalue weighted by Crippen LogP contribution is -2.65. The number of thiophene rings is 1. The van der Waals surface area contributed by atoms with Crippen LogP contribution in [0.1, 0.15) is 62.4 Å². The van der Waals surface area contributed by atoms with E-state index in [0.717, 1.165) is 36.3 Å². The molecule has 1 aliphatic carbocycles. The molecule has 0 radical (unpaired) electrons. The summed E-state index contributed by atoms with van der Waals surface area (Å²) < 4.78 is 1.70. The third-order valence-electron chi connectivity index (χ3n) is 6.94. The second-order valence-electron chi connectivity index (χ2n) is 9.46. The summed E-state index contributed by atoms with van der Waals surface area (Å²) in [6, 6.07) is 13.0. The van der Waals surface area contributed by atoms with Crippen molar-refractivity contribution in [3.8, 4) is 10.6 Å². The fourth-order valence-electron chi connectivity index (χ4n) is 5.06. The first-order valence-electron chi connectivity index (χ1n) is 12.0. The van der Waals surface area contributed by atoms with Gasteiger partial charge in [-0.15, -0.1) is 11.3 Å². The van der Waals surface area contributed by atoms with Crippen molar-refractivity contribution in [3.05, 3.63) is 58.6 Å². The number of anilines is 1. The molecule has 3 heterocycles. The molecule has 8 heteroatoms. The van der Waals surface area contributed by atoms with Crippen LogP contribution in [0.15, 0.2) is 47.8 Å². The van der Waals surface area contributed by atoms with E-state index >= 15 is 0 Å². The molecule has 0 saturated heterocycles. The van der Waals surface area contributed by atoms with E-state index in [2.05, 4.69) is 5.32 Å². The van der Waals surface area contributed by atoms with Crippen LogP contribution in [0.5, 0.6) is 0 Å². The number of rotatable bonds is 4. The summed E-state index contributed by atoms with van der Waals surface area (Å²) in [5, 5.41) is 10.6. The monoisotopic (exact) mass is 496 g/mol. The summed E-state index contributed by atoms with van der Waals surface area (Å²) in [4.78, 5) is 30.3. The van der Waals surface area contributed by atoms with Gasteiger partial charge >= 0.3 is 0 Å². The second-order valence-corrected chi connectivity index (χ2v) is 10.8. The van der Waals surface area contributed by atoms with Crippen molar-refractivity contribution in [2.45, 2.75) is 70.0 Å². The Balaban J connectivity index is 1.52. The van der Waals surface area contributed by atoms with Crippen molar-refractivity contribution >= 4 is 40.4 Å². The number of carbonyl (C=O) groups is 2. The van der Waals surface area contributed by atoms with Crippen LogP contribution in [0.2, 0.25) is 5.02 Å². The molecule has 0 spiro atoms. The van der Waals surface area contributed by atoms with Crippen molar-refractivity contribution in [2.24, 2.45) is 0 Å². The highest BCUT2D eigenvalue weighted by Gasteiger charge is 2.49. The van der Waals surface area contributed by atoms with Gasteiger partial charge < -0.3 is 5.32 Å². The van der Waals surface area contributed by atoms with Crippen LogP contribution in [0.4, 0.5) is 5.69 Å². The normalized spacial score (nSPS) is 21.6. The largest absolute Gasteiger partial charge is 0.351 e. The Bertz CT molecular complexity index is 1170. The van der Waals surface area contributed by atoms with E-state index in [1.54, 1.807) is 45.2 Å². The molecular weight excluding hydrogens is 468 g/mol. The quantitative estimate of drug-likeness (QED) is 0.488. The second kappa shape index (κ2) is 9.55. The Kier molecular flexibility index (Phi) is 6.49. The first-order chi connectivity index (χ1) is 16.5. The predicted molar refractivity (Wildman–Crippen MR) is 136 cm³/mol. The summed E-state index contributed by atoms with van der Waals surface area (Å²) in [6.45, 7) is 2.12. The van der Waals surface area contributed by atoms with Crippen molar-refractivity contribution in [3.63, 3.8) is 0 Å². The number of carbonyl (C=O) groups excluding carboxylic acids is 2. The zero-order chi connectivity index (χ0) is 23.7. The molecule has 3 aromatic rings. The van der Waals surface area contributed by atoms with E-state index in [-0.39, 0.29) is 24.4 Å². The molecule has 6 nitrogen and oxygen atoms in total. The minimum absolute atomic E-state index is 0.132. The number of hydrogen-bond donors (Lipinski definition) is 1. The predicted octanol–water partition coefficient (Wildman–Crippen LogP) is 5.91. The highest BCUT2D eigenvalue weighted by atomic mass is 35.5. The molecule has 1 fully saturated rings. The molecule has 0 bridgehead atoms. The zero-order valence-corrected chi connectivity index (χ0v) is 20.9. The van der Waals surface area contributed by atoms with Crippen LogP contribution in [-0.4, -0.2) is 33.2 Å². The Morgan fingerprint density at radius 2 is 1.82 bits per heavy atom. The molecule has 5 rings (SSSR count). The number of nitrogens with one attached hydrogen (secondary N) is 1. The van der Waals surface area contributed by atoms with Crippen molar-refractivity contribution in [1.82, 2.24) is 15.1 Å². The number of halogens is 1. The van der Waals surface area contributed by atoms with Gasteiger partial charge in [-0.3, -0.25) is 19.2 Å². The Morgan fingerprint density at radius 3 is 2.50 bits per heavy atom. The zero-order valence-electron chi connectivity index (χ0n) is 19.3. The SMILES string of the molecule is C[C@]1(C(=O)NC2CCCCCCC2)Cn2nc(-c3cccs3)cc2C(=O)N1c1ccc(Cl)cc1. The molecule has 1 aliphatic heterocycles. The lowest BCUT2D eigenvalue weighted by Gasteiger charge is -2.43. The standard InChI is InChI=1S/C26H29ClN4O2S/c1-26(25(33)28-19-8-5-3-2-4-6-9-19)17-30-22(16-21(29-30)23-10-7-15-34-23)24(32)31(26)20-13-11-18(27)12-14-20/h7,10-16,19H,2-6,8-9,17H2,1H3,(H,28,33)/t26-/m1/s1. The third-order valence-corrected chi connectivity index (χ3v) is 8.09. The van der Waals surface area contributed by atoms with Gasteiger partial charge in [0.25, 0.3) is 5.91 Å². The average molecular weight is 497 g/mol. The van der Waals surface area contributed by atoms with Crippen LogP contribution in [0.25, 0.3) is 10.6 Å². The van der Waals surface area contributed by atoms with Gasteiger partial charge in [0.05, 0.1) is 11.4 Å². The summed E-state index contributed by atoms with van der Waals surface area (Å²) in [5.41, 5.74) is 0.752. The van der Waals surface area contributed by atoms with E-state index in [1.807, 2.05) is 30.5 Å². The fraction of sp³-hybridized carbons (Fsp3) is 0.423. The highest BCUT2D eigenvalue weighted by Crippen LogP contribution is 2.35. The van der Waals surface area contributed by atoms with Gasteiger partial charge in [0, 0.05) is 16.8 Å². The Hall–Kier alpha value is -2.64. The Labute approximate surface area is 208 Å². The highest BCUT2D eigenvalue weighted by molar-refractivity contribution is 7.13. The van der Waals surface area contributed by atoms with E-state index in [1.165, 1.54) is 19.3 Å². The molecule has 0 unspecified atom stereocenters. The van der Waals surface area contributed by atoms with Gasteiger partial charge in [-0.1, -0.05) is 49.8 Å². The van der Waals surface area contributed by atoms with Gasteiger partial charge in [-0.05, 0) is 61.5 Å². The van der Waals surface area contributed by atoms with Crippen LogP contribution in [0, 0.1) is 0 Å². The smallest absolute Gasteiger partial charge is 0.277 e. The summed E-state index contributed by atoms with van der Waals surface area (Å²) >= 11 is 7.70. The number of nitrogens with zero attached hydrogens (tertiary/aromatic N) is 3. The maximum atomic E-state index is 13.9. The maximum Gasteiger partial charge on any atom is 0.277 e. The molecule has 178 valence electrons. The van der Waals surface area contributed by atoms with E-state index in [9.17, 15) is 9.59 Å². The number of hydrogen-bond acceptors (Lipinski definition) is 4. The molecule has 34 heavy (non-hydrogen) atoms. The van der Waals surface area contributed by atoms with E-state index < -0.39 is 5.54 Å². The first-order valence-corrected chi connectivity index (χ1v) is 13.2. The van der Waals surface area contributed by atoms with Crippen LogP contribution >= 0.6 is 22.9 Å². The summed E-state index contributed by atoms with van der Waals surface area (Å²) in [6.07, 6.45) is 7.89. The summed E-state index contributed by atoms with van der Waals surface area (Å²) in [5.74, 6) is -0.376. The van der Waals surface area contributed by atoms with E-state index in [0.29, 0.717) is 16.4 Å². The molecule has 2 aliphatic rings. The number of fused-ring (bicyclic) bond motifs is 1. The van der Waals surface area contributed by atoms with Crippen molar-refractivity contribution < 1.29 is 9.59 Å². The topological polar surface area (TPSA) is 67.2 Å². The minimum atomic E-state index is -1.13. The van der Waals surface area contributed by atoms with E-state index in [4.69, 9.17) is 16.7 Å². The van der Waals surface area contributed by atoms with Crippen LogP contribution in [-0.2, 0) is 11.3 Å². The Morgan fingerprint density at radius 1 is 1.12 bits per heavy atom. The third kappa shape index (κ3) is 4.39. The molecule has 1 atom stereocenters. The molecule has 1 aromatic carbocycles. The average Bonchev–Trinajstić information content (AvgIpc) is 3.47. The van der Waals surface area contributed by atoms with Gasteiger partial charge in [-0.25, -0.2) is 0 Å². The number of amides is 2. The van der Waals surface area contributed by atoms with Crippen LogP contribution in [0.3, 0.4) is 0 Å². The van der Waals surface area contributed by atoms with Gasteiger partial charge in [0.2, 0.25) is 5.91 Å². The van der Waals surface area contributed by atoms with Gasteiger partial charge in [0.15, 0.2) is 0 Å². The first kappa shape index (κ1) is 23.1. The molecule has 2 aromatic heterocycles. The molecule has 1 saturated carbocycles. The molecular formula is C26H29ClN4O2S.